The number of imidazole rings is 1. The van der Waals surface area contributed by atoms with Gasteiger partial charge in [-0.05, 0) is 24.3 Å². The van der Waals surface area contributed by atoms with Gasteiger partial charge in [0.05, 0.1) is 28.5 Å². The van der Waals surface area contributed by atoms with Crippen molar-refractivity contribution in [2.75, 3.05) is 5.32 Å². The van der Waals surface area contributed by atoms with Gasteiger partial charge in [-0.2, -0.15) is 5.10 Å². The Hall–Kier alpha value is -3.68. The first-order valence-corrected chi connectivity index (χ1v) is 8.77. The average Bonchev–Trinajstić information content (AvgIpc) is 2.90. The molecule has 2 aromatic heterocycles. The van der Waals surface area contributed by atoms with Crippen molar-refractivity contribution in [1.82, 2.24) is 18.9 Å². The van der Waals surface area contributed by atoms with Crippen molar-refractivity contribution in [2.24, 2.45) is 21.1 Å². The van der Waals surface area contributed by atoms with Crippen molar-refractivity contribution in [3.05, 3.63) is 69.0 Å². The van der Waals surface area contributed by atoms with Crippen LogP contribution < -0.4 is 16.6 Å². The molecule has 0 saturated heterocycles. The Balaban J connectivity index is 1.65. The van der Waals surface area contributed by atoms with E-state index in [-0.39, 0.29) is 23.6 Å². The Morgan fingerprint density at radius 1 is 0.964 bits per heavy atom. The number of hydrogen-bond donors (Lipinski definition) is 1. The number of aromatic nitrogens is 4. The SMILES string of the molecule is Cn1nc(CC(=O)Nc2ccc3c(c2)n(C)c(=O)n3C)c2ccccc2c1=O. The zero-order valence-corrected chi connectivity index (χ0v) is 15.8. The number of anilines is 1. The summed E-state index contributed by atoms with van der Waals surface area (Å²) < 4.78 is 4.34. The van der Waals surface area contributed by atoms with Crippen LogP contribution in [0.2, 0.25) is 0 Å². The average molecular weight is 377 g/mol. The van der Waals surface area contributed by atoms with Gasteiger partial charge in [0, 0.05) is 32.2 Å². The fourth-order valence-electron chi connectivity index (χ4n) is 3.45. The van der Waals surface area contributed by atoms with Crippen molar-refractivity contribution in [2.45, 2.75) is 6.42 Å². The number of benzene rings is 2. The van der Waals surface area contributed by atoms with E-state index in [9.17, 15) is 14.4 Å². The van der Waals surface area contributed by atoms with Gasteiger partial charge in [0.2, 0.25) is 5.91 Å². The number of carbonyl (C=O) groups excluding carboxylic acids is 1. The molecule has 0 unspecified atom stereocenters. The Morgan fingerprint density at radius 2 is 1.64 bits per heavy atom. The molecular formula is C20H19N5O3. The van der Waals surface area contributed by atoms with Crippen molar-refractivity contribution in [3.8, 4) is 0 Å². The quantitative estimate of drug-likeness (QED) is 0.583. The summed E-state index contributed by atoms with van der Waals surface area (Å²) in [5.41, 5.74) is 2.32. The lowest BCUT2D eigenvalue weighted by Gasteiger charge is -2.09. The largest absolute Gasteiger partial charge is 0.328 e. The Labute approximate surface area is 159 Å². The summed E-state index contributed by atoms with van der Waals surface area (Å²) in [6, 6.07) is 12.4. The maximum absolute atomic E-state index is 12.6. The topological polar surface area (TPSA) is 90.9 Å². The van der Waals surface area contributed by atoms with Crippen LogP contribution in [0.25, 0.3) is 21.8 Å². The molecule has 4 aromatic rings. The first-order valence-electron chi connectivity index (χ1n) is 8.77. The summed E-state index contributed by atoms with van der Waals surface area (Å²) in [6.45, 7) is 0. The summed E-state index contributed by atoms with van der Waals surface area (Å²) in [4.78, 5) is 36.9. The van der Waals surface area contributed by atoms with Crippen molar-refractivity contribution in [3.63, 3.8) is 0 Å². The molecule has 0 aliphatic carbocycles. The number of amides is 1. The Bertz CT molecular complexity index is 1360. The van der Waals surface area contributed by atoms with E-state index in [1.807, 2.05) is 6.07 Å². The van der Waals surface area contributed by atoms with E-state index in [0.29, 0.717) is 22.2 Å². The minimum Gasteiger partial charge on any atom is -0.326 e. The van der Waals surface area contributed by atoms with Crippen LogP contribution in [-0.4, -0.2) is 24.8 Å². The van der Waals surface area contributed by atoms with Crippen LogP contribution in [0.4, 0.5) is 5.69 Å². The molecule has 8 nitrogen and oxygen atoms in total. The normalized spacial score (nSPS) is 11.2. The van der Waals surface area contributed by atoms with Crippen LogP contribution in [0.1, 0.15) is 5.69 Å². The third-order valence-electron chi connectivity index (χ3n) is 4.92. The fraction of sp³-hybridized carbons (Fsp3) is 0.200. The molecule has 0 bridgehead atoms. The van der Waals surface area contributed by atoms with Crippen LogP contribution in [0.3, 0.4) is 0 Å². The molecule has 0 aliphatic heterocycles. The highest BCUT2D eigenvalue weighted by molar-refractivity contribution is 5.96. The second-order valence-corrected chi connectivity index (χ2v) is 6.75. The van der Waals surface area contributed by atoms with Gasteiger partial charge in [0.1, 0.15) is 0 Å². The summed E-state index contributed by atoms with van der Waals surface area (Å²) in [7, 11) is 4.97. The van der Waals surface area contributed by atoms with Crippen molar-refractivity contribution in [1.29, 1.82) is 0 Å². The number of aryl methyl sites for hydroxylation is 3. The third kappa shape index (κ3) is 2.79. The van der Waals surface area contributed by atoms with Crippen molar-refractivity contribution >= 4 is 33.4 Å². The lowest BCUT2D eigenvalue weighted by Crippen LogP contribution is -2.24. The molecular weight excluding hydrogens is 358 g/mol. The number of rotatable bonds is 3. The van der Waals surface area contributed by atoms with Gasteiger partial charge in [-0.1, -0.05) is 18.2 Å². The number of nitrogens with one attached hydrogen (secondary N) is 1. The molecule has 0 spiro atoms. The van der Waals surface area contributed by atoms with Gasteiger partial charge in [-0.3, -0.25) is 18.7 Å². The number of carbonyl (C=O) groups is 1. The maximum Gasteiger partial charge on any atom is 0.328 e. The third-order valence-corrected chi connectivity index (χ3v) is 4.92. The summed E-state index contributed by atoms with van der Waals surface area (Å²) in [6.07, 6.45) is 0.0282. The standard InChI is InChI=1S/C20H19N5O3/c1-23-16-9-8-12(10-17(16)24(2)20(23)28)21-18(26)11-15-13-6-4-5-7-14(13)19(27)25(3)22-15/h4-10H,11H2,1-3H3,(H,21,26). The highest BCUT2D eigenvalue weighted by Gasteiger charge is 2.14. The molecule has 1 N–H and O–H groups in total. The summed E-state index contributed by atoms with van der Waals surface area (Å²) in [5, 5.41) is 8.30. The van der Waals surface area contributed by atoms with Gasteiger partial charge in [-0.25, -0.2) is 9.48 Å². The van der Waals surface area contributed by atoms with Crippen molar-refractivity contribution < 1.29 is 4.79 Å². The van der Waals surface area contributed by atoms with Gasteiger partial charge in [0.25, 0.3) is 5.56 Å². The zero-order chi connectivity index (χ0) is 20.0. The molecule has 0 aliphatic rings. The van der Waals surface area contributed by atoms with E-state index in [0.717, 1.165) is 11.0 Å². The second-order valence-electron chi connectivity index (χ2n) is 6.75. The molecule has 2 aromatic carbocycles. The Morgan fingerprint density at radius 3 is 2.39 bits per heavy atom. The minimum atomic E-state index is -0.253. The van der Waals surface area contributed by atoms with Gasteiger partial charge in [0.15, 0.2) is 0 Å². The predicted octanol–water partition coefficient (Wildman–Crippen LogP) is 1.31. The van der Waals surface area contributed by atoms with Crippen LogP contribution in [0, 0.1) is 0 Å². The summed E-state index contributed by atoms with van der Waals surface area (Å²) in [5.74, 6) is -0.253. The number of fused-ring (bicyclic) bond motifs is 2. The van der Waals surface area contributed by atoms with Crippen LogP contribution in [0.5, 0.6) is 0 Å². The van der Waals surface area contributed by atoms with Crippen LogP contribution >= 0.6 is 0 Å². The van der Waals surface area contributed by atoms with Crippen LogP contribution in [-0.2, 0) is 32.4 Å². The second kappa shape index (κ2) is 6.49. The fourth-order valence-corrected chi connectivity index (χ4v) is 3.45. The molecule has 0 fully saturated rings. The minimum absolute atomic E-state index is 0.0282. The molecule has 0 radical (unpaired) electrons. The smallest absolute Gasteiger partial charge is 0.326 e. The van der Waals surface area contributed by atoms with E-state index in [1.165, 1.54) is 9.25 Å². The highest BCUT2D eigenvalue weighted by atomic mass is 16.2. The molecule has 28 heavy (non-hydrogen) atoms. The maximum atomic E-state index is 12.6. The molecule has 0 saturated carbocycles. The van der Waals surface area contributed by atoms with Crippen LogP contribution in [0.15, 0.2) is 52.1 Å². The molecule has 142 valence electrons. The van der Waals surface area contributed by atoms with E-state index in [4.69, 9.17) is 0 Å². The van der Waals surface area contributed by atoms with E-state index >= 15 is 0 Å². The molecule has 8 heteroatoms. The number of hydrogen-bond acceptors (Lipinski definition) is 4. The highest BCUT2D eigenvalue weighted by Crippen LogP contribution is 2.19. The molecule has 2 heterocycles. The Kier molecular flexibility index (Phi) is 4.11. The van der Waals surface area contributed by atoms with Gasteiger partial charge < -0.3 is 5.32 Å². The lowest BCUT2D eigenvalue weighted by atomic mass is 10.1. The lowest BCUT2D eigenvalue weighted by molar-refractivity contribution is -0.115. The summed E-state index contributed by atoms with van der Waals surface area (Å²) >= 11 is 0. The van der Waals surface area contributed by atoms with Gasteiger partial charge >= 0.3 is 5.69 Å². The zero-order valence-electron chi connectivity index (χ0n) is 15.8. The molecule has 0 atom stereocenters. The monoisotopic (exact) mass is 377 g/mol. The van der Waals surface area contributed by atoms with Gasteiger partial charge in [-0.15, -0.1) is 0 Å². The van der Waals surface area contributed by atoms with E-state index in [1.54, 1.807) is 62.1 Å². The molecule has 4 rings (SSSR count). The number of nitrogens with zero attached hydrogens (tertiary/aromatic N) is 4. The molecule has 1 amide bonds. The first kappa shape index (κ1) is 17.7. The van der Waals surface area contributed by atoms with E-state index < -0.39 is 0 Å². The van der Waals surface area contributed by atoms with E-state index in [2.05, 4.69) is 10.4 Å². The predicted molar refractivity (Wildman–Crippen MR) is 107 cm³/mol. The first-order chi connectivity index (χ1) is 13.4.